The fourth-order valence-electron chi connectivity index (χ4n) is 3.62. The quantitative estimate of drug-likeness (QED) is 0.657. The number of fused-ring (bicyclic) bond motifs is 1. The molecule has 1 atom stereocenters. The summed E-state index contributed by atoms with van der Waals surface area (Å²) in [5, 5.41) is 11.1. The summed E-state index contributed by atoms with van der Waals surface area (Å²) in [5.74, 6) is -1.29. The van der Waals surface area contributed by atoms with E-state index in [1.165, 1.54) is 24.7 Å². The number of hydrogen-bond acceptors (Lipinski definition) is 4. The van der Waals surface area contributed by atoms with Gasteiger partial charge in [-0.2, -0.15) is 23.4 Å². The molecule has 0 fully saturated rings. The van der Waals surface area contributed by atoms with Gasteiger partial charge in [-0.1, -0.05) is 0 Å². The van der Waals surface area contributed by atoms with Crippen LogP contribution in [0.25, 0.3) is 11.3 Å². The van der Waals surface area contributed by atoms with Crippen molar-refractivity contribution in [3.8, 4) is 11.3 Å². The number of carbonyl (C=O) groups excluding carboxylic acids is 1. The first kappa shape index (κ1) is 20.0. The molecule has 0 saturated heterocycles. The third kappa shape index (κ3) is 3.55. The fraction of sp³-hybridized carbons (Fsp3) is 0.368. The second-order valence-corrected chi connectivity index (χ2v) is 7.14. The van der Waals surface area contributed by atoms with Crippen LogP contribution in [0.4, 0.5) is 17.6 Å². The highest BCUT2D eigenvalue weighted by Crippen LogP contribution is 2.33. The number of alkyl halides is 3. The number of pyridine rings is 1. The van der Waals surface area contributed by atoms with E-state index in [9.17, 15) is 22.4 Å². The lowest BCUT2D eigenvalue weighted by molar-refractivity contribution is -0.141. The second-order valence-electron chi connectivity index (χ2n) is 7.14. The summed E-state index contributed by atoms with van der Waals surface area (Å²) in [6.07, 6.45) is -2.17. The molecule has 158 valence electrons. The van der Waals surface area contributed by atoms with Gasteiger partial charge in [0.25, 0.3) is 5.91 Å². The summed E-state index contributed by atoms with van der Waals surface area (Å²) in [6.45, 7) is 2.04. The number of aryl methyl sites for hydroxylation is 3. The van der Waals surface area contributed by atoms with Crippen molar-refractivity contribution in [3.05, 3.63) is 53.0 Å². The van der Waals surface area contributed by atoms with Crippen LogP contribution in [0.1, 0.15) is 46.5 Å². The molecule has 0 aliphatic carbocycles. The van der Waals surface area contributed by atoms with Gasteiger partial charge in [0.15, 0.2) is 11.5 Å². The van der Waals surface area contributed by atoms with Gasteiger partial charge < -0.3 is 5.32 Å². The molecular weight excluding hydrogens is 404 g/mol. The molecule has 1 aliphatic heterocycles. The van der Waals surface area contributed by atoms with E-state index in [2.05, 4.69) is 20.5 Å². The molecule has 1 unspecified atom stereocenters. The zero-order valence-electron chi connectivity index (χ0n) is 16.2. The Morgan fingerprint density at radius 1 is 1.27 bits per heavy atom. The van der Waals surface area contributed by atoms with Gasteiger partial charge in [0.05, 0.1) is 23.1 Å². The van der Waals surface area contributed by atoms with Crippen molar-refractivity contribution >= 4 is 5.91 Å². The molecule has 7 nitrogen and oxygen atoms in total. The summed E-state index contributed by atoms with van der Waals surface area (Å²) in [5.41, 5.74) is 0.219. The molecule has 0 spiro atoms. The van der Waals surface area contributed by atoms with Crippen LogP contribution in [0.3, 0.4) is 0 Å². The third-order valence-electron chi connectivity index (χ3n) is 5.05. The highest BCUT2D eigenvalue weighted by Gasteiger charge is 2.33. The van der Waals surface area contributed by atoms with E-state index in [4.69, 9.17) is 0 Å². The molecule has 4 heterocycles. The van der Waals surface area contributed by atoms with E-state index >= 15 is 0 Å². The lowest BCUT2D eigenvalue weighted by atomic mass is 10.0. The molecule has 0 saturated carbocycles. The Hall–Kier alpha value is -3.24. The van der Waals surface area contributed by atoms with Gasteiger partial charge in [-0.3, -0.25) is 19.1 Å². The van der Waals surface area contributed by atoms with E-state index in [0.717, 1.165) is 12.3 Å². The van der Waals surface area contributed by atoms with Crippen LogP contribution in [-0.4, -0.2) is 30.5 Å². The van der Waals surface area contributed by atoms with Gasteiger partial charge in [0.2, 0.25) is 0 Å². The second kappa shape index (κ2) is 7.22. The van der Waals surface area contributed by atoms with Crippen LogP contribution in [0.2, 0.25) is 0 Å². The van der Waals surface area contributed by atoms with Crippen LogP contribution < -0.4 is 5.32 Å². The SMILES string of the molecule is Cc1nn(C)c(C(=O)NC2CCCn3nc(-c4ccnc(C(F)(F)F)c4)cc32)c1F. The third-order valence-corrected chi connectivity index (χ3v) is 5.05. The Balaban J connectivity index is 1.63. The molecule has 3 aromatic rings. The number of nitrogens with one attached hydrogen (secondary N) is 1. The van der Waals surface area contributed by atoms with E-state index in [1.54, 1.807) is 10.7 Å². The smallest absolute Gasteiger partial charge is 0.342 e. The molecule has 3 aromatic heterocycles. The minimum Gasteiger partial charge on any atom is -0.342 e. The Kier molecular flexibility index (Phi) is 4.83. The maximum absolute atomic E-state index is 14.2. The lowest BCUT2D eigenvalue weighted by Gasteiger charge is -2.24. The topological polar surface area (TPSA) is 77.6 Å². The summed E-state index contributed by atoms with van der Waals surface area (Å²) in [6, 6.07) is 3.58. The fourth-order valence-corrected chi connectivity index (χ4v) is 3.62. The first-order valence-electron chi connectivity index (χ1n) is 9.26. The van der Waals surface area contributed by atoms with Crippen molar-refractivity contribution in [3.63, 3.8) is 0 Å². The molecule has 1 N–H and O–H groups in total. The molecule has 4 rings (SSSR count). The summed E-state index contributed by atoms with van der Waals surface area (Å²) < 4.78 is 56.0. The number of aromatic nitrogens is 5. The Bertz CT molecular complexity index is 1120. The number of nitrogens with zero attached hydrogens (tertiary/aromatic N) is 5. The van der Waals surface area contributed by atoms with Crippen molar-refractivity contribution in [2.75, 3.05) is 0 Å². The molecular formula is C19H18F4N6O. The zero-order valence-corrected chi connectivity index (χ0v) is 16.2. The van der Waals surface area contributed by atoms with Crippen LogP contribution >= 0.6 is 0 Å². The minimum atomic E-state index is -4.56. The van der Waals surface area contributed by atoms with Gasteiger partial charge in [0.1, 0.15) is 5.69 Å². The van der Waals surface area contributed by atoms with Crippen LogP contribution in [0.15, 0.2) is 24.4 Å². The maximum Gasteiger partial charge on any atom is 0.433 e. The van der Waals surface area contributed by atoms with Gasteiger partial charge in [-0.05, 0) is 38.0 Å². The minimum absolute atomic E-state index is 0.122. The van der Waals surface area contributed by atoms with E-state index in [0.29, 0.717) is 30.8 Å². The number of halogens is 4. The lowest BCUT2D eigenvalue weighted by Crippen LogP contribution is -2.34. The highest BCUT2D eigenvalue weighted by atomic mass is 19.4. The molecule has 1 aliphatic rings. The summed E-state index contributed by atoms with van der Waals surface area (Å²) in [4.78, 5) is 16.0. The largest absolute Gasteiger partial charge is 0.433 e. The Morgan fingerprint density at radius 2 is 2.03 bits per heavy atom. The molecule has 1 amide bonds. The van der Waals surface area contributed by atoms with Gasteiger partial charge in [-0.25, -0.2) is 4.39 Å². The monoisotopic (exact) mass is 422 g/mol. The van der Waals surface area contributed by atoms with Gasteiger partial charge in [0, 0.05) is 25.4 Å². The van der Waals surface area contributed by atoms with Gasteiger partial charge in [-0.15, -0.1) is 0 Å². The highest BCUT2D eigenvalue weighted by molar-refractivity contribution is 5.93. The normalized spacial score (nSPS) is 16.4. The van der Waals surface area contributed by atoms with E-state index < -0.39 is 29.6 Å². The summed E-state index contributed by atoms with van der Waals surface area (Å²) in [7, 11) is 1.48. The average Bonchev–Trinajstić information content (AvgIpc) is 3.23. The van der Waals surface area contributed by atoms with Crippen molar-refractivity contribution < 1.29 is 22.4 Å². The molecule has 0 aromatic carbocycles. The predicted octanol–water partition coefficient (Wildman–Crippen LogP) is 3.41. The van der Waals surface area contributed by atoms with E-state index in [1.807, 2.05) is 0 Å². The number of amides is 1. The first-order valence-corrected chi connectivity index (χ1v) is 9.26. The van der Waals surface area contributed by atoms with Crippen LogP contribution in [0.5, 0.6) is 0 Å². The van der Waals surface area contributed by atoms with Crippen LogP contribution in [0, 0.1) is 12.7 Å². The van der Waals surface area contributed by atoms with Crippen LogP contribution in [-0.2, 0) is 19.8 Å². The van der Waals surface area contributed by atoms with Crippen molar-refractivity contribution in [1.82, 2.24) is 29.9 Å². The standard InChI is InChI=1S/C19H18F4N6O/c1-10-16(20)17(28(2)26-10)18(30)25-12-4-3-7-29-14(12)9-13(27-29)11-5-6-24-15(8-11)19(21,22)23/h5-6,8-9,12H,3-4,7H2,1-2H3,(H,25,30). The van der Waals surface area contributed by atoms with Crippen molar-refractivity contribution in [1.29, 1.82) is 0 Å². The number of hydrogen-bond donors (Lipinski definition) is 1. The number of carbonyl (C=O) groups is 1. The predicted molar refractivity (Wildman–Crippen MR) is 97.8 cm³/mol. The van der Waals surface area contributed by atoms with Crippen molar-refractivity contribution in [2.24, 2.45) is 7.05 Å². The first-order chi connectivity index (χ1) is 14.1. The molecule has 30 heavy (non-hydrogen) atoms. The van der Waals surface area contributed by atoms with Crippen molar-refractivity contribution in [2.45, 2.75) is 38.5 Å². The average molecular weight is 422 g/mol. The molecule has 0 radical (unpaired) electrons. The van der Waals surface area contributed by atoms with E-state index in [-0.39, 0.29) is 17.0 Å². The van der Waals surface area contributed by atoms with Gasteiger partial charge >= 0.3 is 6.18 Å². The molecule has 11 heteroatoms. The maximum atomic E-state index is 14.2. The number of rotatable bonds is 3. The Labute approximate surface area is 168 Å². The summed E-state index contributed by atoms with van der Waals surface area (Å²) >= 11 is 0. The molecule has 0 bridgehead atoms. The Morgan fingerprint density at radius 3 is 2.70 bits per heavy atom. The zero-order chi connectivity index (χ0) is 21.6.